The topological polar surface area (TPSA) is 54.4 Å². The van der Waals surface area contributed by atoms with Crippen LogP contribution in [0.25, 0.3) is 0 Å². The van der Waals surface area contributed by atoms with Crippen molar-refractivity contribution >= 4 is 10.1 Å². The third kappa shape index (κ3) is 12.4. The van der Waals surface area contributed by atoms with E-state index in [1.165, 1.54) is 89.9 Å². The number of nitrogens with zero attached hydrogens (tertiary/aromatic N) is 1. The molecule has 5 heteroatoms. The Morgan fingerprint density at radius 2 is 1.21 bits per heavy atom. The van der Waals surface area contributed by atoms with Gasteiger partial charge in [0.1, 0.15) is 0 Å². The molecular weight excluding hydrogens is 370 g/mol. The molecule has 168 valence electrons. The number of rotatable bonds is 17. The number of likely N-dealkylation sites (tertiary alicyclic amines) is 1. The van der Waals surface area contributed by atoms with Gasteiger partial charge in [0.15, 0.2) is 0 Å². The van der Waals surface area contributed by atoms with Gasteiger partial charge in [-0.05, 0) is 12.8 Å². The summed E-state index contributed by atoms with van der Waals surface area (Å²) >= 11 is 0. The highest BCUT2D eigenvalue weighted by Crippen LogP contribution is 2.29. The number of hydrogen-bond donors (Lipinski definition) is 1. The minimum Gasteiger partial charge on any atom is -0.326 e. The molecule has 1 heterocycles. The second kappa shape index (κ2) is 14.0. The number of quaternary nitrogens is 1. The van der Waals surface area contributed by atoms with Gasteiger partial charge in [0.2, 0.25) is 0 Å². The lowest BCUT2D eigenvalue weighted by molar-refractivity contribution is -0.900. The lowest BCUT2D eigenvalue weighted by Crippen LogP contribution is -2.43. The molecule has 0 aliphatic carbocycles. The van der Waals surface area contributed by atoms with Crippen LogP contribution in [0.1, 0.15) is 104 Å². The van der Waals surface area contributed by atoms with Gasteiger partial charge in [-0.1, -0.05) is 90.9 Å². The fourth-order valence-corrected chi connectivity index (χ4v) is 6.00. The van der Waals surface area contributed by atoms with Gasteiger partial charge >= 0.3 is 0 Å². The molecule has 0 saturated carbocycles. The van der Waals surface area contributed by atoms with Crippen LogP contribution in [-0.2, 0) is 10.1 Å². The van der Waals surface area contributed by atoms with Crippen molar-refractivity contribution in [2.24, 2.45) is 11.8 Å². The Kier molecular flexibility index (Phi) is 12.9. The third-order valence-electron chi connectivity index (χ3n) is 6.68. The van der Waals surface area contributed by atoms with Crippen molar-refractivity contribution in [1.82, 2.24) is 0 Å². The van der Waals surface area contributed by atoms with Crippen LogP contribution < -0.4 is 0 Å². The first kappa shape index (κ1) is 25.9. The molecule has 4 nitrogen and oxygen atoms in total. The Hall–Kier alpha value is -0.130. The van der Waals surface area contributed by atoms with Crippen molar-refractivity contribution in [2.45, 2.75) is 104 Å². The Morgan fingerprint density at radius 1 is 0.786 bits per heavy atom. The van der Waals surface area contributed by atoms with Crippen molar-refractivity contribution in [3.63, 3.8) is 0 Å². The predicted molar refractivity (Wildman–Crippen MR) is 120 cm³/mol. The molecule has 0 aromatic rings. The van der Waals surface area contributed by atoms with E-state index in [1.54, 1.807) is 0 Å². The summed E-state index contributed by atoms with van der Waals surface area (Å²) in [7, 11) is -1.60. The maximum absolute atomic E-state index is 11.2. The zero-order valence-corrected chi connectivity index (χ0v) is 19.8. The summed E-state index contributed by atoms with van der Waals surface area (Å²) in [5, 5.41) is 0. The first-order valence-electron chi connectivity index (χ1n) is 12.0. The average Bonchev–Trinajstić information content (AvgIpc) is 2.87. The van der Waals surface area contributed by atoms with Crippen LogP contribution in [0, 0.1) is 11.8 Å². The van der Waals surface area contributed by atoms with Crippen LogP contribution in [0.3, 0.4) is 0 Å². The van der Waals surface area contributed by atoms with E-state index in [0.717, 1.165) is 24.1 Å². The second-order valence-corrected chi connectivity index (χ2v) is 11.3. The Balaban J connectivity index is 1.96. The average molecular weight is 419 g/mol. The smallest absolute Gasteiger partial charge is 0.265 e. The molecule has 0 amide bonds. The highest BCUT2D eigenvalue weighted by molar-refractivity contribution is 7.85. The van der Waals surface area contributed by atoms with Gasteiger partial charge in [-0.3, -0.25) is 4.55 Å². The zero-order valence-electron chi connectivity index (χ0n) is 19.0. The quantitative estimate of drug-likeness (QED) is 0.177. The van der Waals surface area contributed by atoms with Crippen molar-refractivity contribution < 1.29 is 17.5 Å². The van der Waals surface area contributed by atoms with Gasteiger partial charge in [-0.15, -0.1) is 0 Å². The van der Waals surface area contributed by atoms with Crippen molar-refractivity contribution in [3.05, 3.63) is 0 Å². The lowest BCUT2D eigenvalue weighted by atomic mass is 10.0. The van der Waals surface area contributed by atoms with Crippen LogP contribution >= 0.6 is 0 Å². The van der Waals surface area contributed by atoms with Gasteiger partial charge in [0.05, 0.1) is 32.4 Å². The summed E-state index contributed by atoms with van der Waals surface area (Å²) in [6.45, 7) is 7.48. The van der Waals surface area contributed by atoms with E-state index in [-0.39, 0.29) is 11.7 Å². The molecule has 1 N–H and O–H groups in total. The number of unbranched alkanes of at least 4 members (excludes halogenated alkanes) is 13. The van der Waals surface area contributed by atoms with E-state index < -0.39 is 10.1 Å². The molecule has 1 rings (SSSR count). The molecule has 28 heavy (non-hydrogen) atoms. The molecule has 0 bridgehead atoms. The Bertz CT molecular complexity index is 494. The van der Waals surface area contributed by atoms with Gasteiger partial charge in [0.25, 0.3) is 10.1 Å². The highest BCUT2D eigenvalue weighted by atomic mass is 32.2. The summed E-state index contributed by atoms with van der Waals surface area (Å²) in [4.78, 5) is 0. The lowest BCUT2D eigenvalue weighted by Gasteiger charge is -2.30. The van der Waals surface area contributed by atoms with E-state index in [0.29, 0.717) is 5.92 Å². The van der Waals surface area contributed by atoms with E-state index in [4.69, 9.17) is 4.55 Å². The largest absolute Gasteiger partial charge is 0.326 e. The summed E-state index contributed by atoms with van der Waals surface area (Å²) < 4.78 is 32.5. The molecule has 0 spiro atoms. The monoisotopic (exact) mass is 418 g/mol. The predicted octanol–water partition coefficient (Wildman–Crippen LogP) is 6.07. The normalized spacial score (nSPS) is 25.4. The third-order valence-corrected chi connectivity index (χ3v) is 7.53. The van der Waals surface area contributed by atoms with Crippen LogP contribution in [-0.4, -0.2) is 49.9 Å². The summed E-state index contributed by atoms with van der Waals surface area (Å²) in [5.74, 6) is 0.408. The maximum atomic E-state index is 11.2. The van der Waals surface area contributed by atoms with Crippen LogP contribution in [0.5, 0.6) is 0 Å². The van der Waals surface area contributed by atoms with Crippen LogP contribution in [0.4, 0.5) is 0 Å². The molecular formula is C23H48NO3S+. The minimum absolute atomic E-state index is 0.0687. The fourth-order valence-electron chi connectivity index (χ4n) is 5.02. The van der Waals surface area contributed by atoms with E-state index in [2.05, 4.69) is 20.9 Å². The first-order valence-corrected chi connectivity index (χ1v) is 13.7. The molecule has 1 saturated heterocycles. The molecule has 0 radical (unpaired) electrons. The fraction of sp³-hybridized carbons (Fsp3) is 1.00. The zero-order chi connectivity index (χ0) is 20.9. The first-order chi connectivity index (χ1) is 13.3. The van der Waals surface area contributed by atoms with E-state index >= 15 is 0 Å². The number of hydrogen-bond acceptors (Lipinski definition) is 2. The van der Waals surface area contributed by atoms with E-state index in [1.807, 2.05) is 0 Å². The molecule has 0 aromatic heterocycles. The van der Waals surface area contributed by atoms with Gasteiger partial charge in [-0.2, -0.15) is 8.42 Å². The van der Waals surface area contributed by atoms with Crippen LogP contribution in [0.15, 0.2) is 0 Å². The van der Waals surface area contributed by atoms with Crippen molar-refractivity contribution in [3.8, 4) is 0 Å². The van der Waals surface area contributed by atoms with Crippen LogP contribution in [0.2, 0.25) is 0 Å². The molecule has 1 fully saturated rings. The Morgan fingerprint density at radius 3 is 1.64 bits per heavy atom. The minimum atomic E-state index is -3.85. The second-order valence-electron chi connectivity index (χ2n) is 9.79. The molecule has 3 atom stereocenters. The van der Waals surface area contributed by atoms with Crippen molar-refractivity contribution in [2.75, 3.05) is 32.4 Å². The molecule has 1 unspecified atom stereocenters. The van der Waals surface area contributed by atoms with Crippen molar-refractivity contribution in [1.29, 1.82) is 0 Å². The standard InChI is InChI=1S/C23H47NO3S/c1-4-5-6-7-8-9-10-11-12-13-14-15-16-17-18-24(3)19-22(2)23(20-24)21-28(25,26)27/h22-23H,4-21H2,1-3H3/p+1/t22-,23-,24?/m1/s1. The maximum Gasteiger partial charge on any atom is 0.265 e. The Labute approximate surface area is 175 Å². The van der Waals surface area contributed by atoms with Gasteiger partial charge < -0.3 is 4.48 Å². The molecule has 1 aliphatic heterocycles. The van der Waals surface area contributed by atoms with E-state index in [9.17, 15) is 8.42 Å². The summed E-state index contributed by atoms with van der Waals surface area (Å²) in [6, 6.07) is 0. The van der Waals surface area contributed by atoms with Gasteiger partial charge in [-0.25, -0.2) is 0 Å². The molecule has 1 aliphatic rings. The van der Waals surface area contributed by atoms with Gasteiger partial charge in [0, 0.05) is 11.8 Å². The summed E-state index contributed by atoms with van der Waals surface area (Å²) in [5.41, 5.74) is 0. The molecule has 0 aromatic carbocycles. The highest BCUT2D eigenvalue weighted by Gasteiger charge is 2.41. The SMILES string of the molecule is CCCCCCCCCCCCCCCC[N+]1(C)C[C@H](CS(=O)(=O)O)[C@H](C)C1. The summed E-state index contributed by atoms with van der Waals surface area (Å²) in [6.07, 6.45) is 19.3.